The molecule has 1 aliphatic heterocycles. The third-order valence-corrected chi connectivity index (χ3v) is 6.30. The highest BCUT2D eigenvalue weighted by molar-refractivity contribution is 7.98. The van der Waals surface area contributed by atoms with Crippen LogP contribution in [0.4, 0.5) is 11.4 Å². The standard InChI is InChI=1S/C22H24N4O2S/c1-4-26-11-9-16-7-8-17(12-20(16)26)24-21(27)18-6-5-10-23-22(18)29-13-19-14(2)25-28-15(19)3/h5-8,10,12H,4,9,11,13H2,1-3H3,(H,24,27). The van der Waals surface area contributed by atoms with E-state index in [-0.39, 0.29) is 5.91 Å². The number of likely N-dealkylation sites (N-methyl/N-ethyl adjacent to an activating group) is 1. The Kier molecular flexibility index (Phi) is 5.58. The number of nitrogens with one attached hydrogen (secondary N) is 1. The van der Waals surface area contributed by atoms with Gasteiger partial charge in [0.25, 0.3) is 5.91 Å². The van der Waals surface area contributed by atoms with Crippen LogP contribution in [0.5, 0.6) is 0 Å². The second-order valence-electron chi connectivity index (χ2n) is 7.07. The van der Waals surface area contributed by atoms with Crippen LogP contribution < -0.4 is 10.2 Å². The molecule has 0 fully saturated rings. The molecule has 150 valence electrons. The molecule has 1 N–H and O–H groups in total. The van der Waals surface area contributed by atoms with Gasteiger partial charge in [0.2, 0.25) is 0 Å². The maximum Gasteiger partial charge on any atom is 0.258 e. The van der Waals surface area contributed by atoms with Crippen molar-refractivity contribution in [2.24, 2.45) is 0 Å². The smallest absolute Gasteiger partial charge is 0.258 e. The number of nitrogens with zero attached hydrogens (tertiary/aromatic N) is 3. The molecule has 0 radical (unpaired) electrons. The van der Waals surface area contributed by atoms with E-state index in [4.69, 9.17) is 4.52 Å². The van der Waals surface area contributed by atoms with Crippen LogP contribution in [0, 0.1) is 13.8 Å². The number of hydrogen-bond acceptors (Lipinski definition) is 6. The zero-order valence-electron chi connectivity index (χ0n) is 16.9. The molecule has 3 heterocycles. The van der Waals surface area contributed by atoms with E-state index in [1.165, 1.54) is 23.0 Å². The first-order chi connectivity index (χ1) is 14.1. The summed E-state index contributed by atoms with van der Waals surface area (Å²) in [5, 5.41) is 7.73. The number of pyridine rings is 1. The molecule has 29 heavy (non-hydrogen) atoms. The van der Waals surface area contributed by atoms with E-state index in [0.717, 1.165) is 42.2 Å². The Bertz CT molecular complexity index is 1030. The second kappa shape index (κ2) is 8.29. The summed E-state index contributed by atoms with van der Waals surface area (Å²) in [5.74, 6) is 1.30. The van der Waals surface area contributed by atoms with Gasteiger partial charge in [0, 0.05) is 42.0 Å². The number of aromatic nitrogens is 2. The van der Waals surface area contributed by atoms with E-state index >= 15 is 0 Å². The van der Waals surface area contributed by atoms with Crippen molar-refractivity contribution in [3.63, 3.8) is 0 Å². The minimum absolute atomic E-state index is 0.152. The summed E-state index contributed by atoms with van der Waals surface area (Å²) in [6.45, 7) is 7.98. The highest BCUT2D eigenvalue weighted by Crippen LogP contribution is 2.31. The fourth-order valence-corrected chi connectivity index (χ4v) is 4.72. The maximum absolute atomic E-state index is 13.0. The number of carbonyl (C=O) groups is 1. The van der Waals surface area contributed by atoms with Crippen LogP contribution in [0.25, 0.3) is 0 Å². The van der Waals surface area contributed by atoms with E-state index in [1.807, 2.05) is 26.0 Å². The summed E-state index contributed by atoms with van der Waals surface area (Å²) >= 11 is 1.52. The number of anilines is 2. The number of carbonyl (C=O) groups excluding carboxylic acids is 1. The lowest BCUT2D eigenvalue weighted by molar-refractivity contribution is 0.102. The van der Waals surface area contributed by atoms with Crippen molar-refractivity contribution in [1.82, 2.24) is 10.1 Å². The Labute approximate surface area is 174 Å². The highest BCUT2D eigenvalue weighted by Gasteiger charge is 2.19. The Hall–Kier alpha value is -2.80. The molecule has 4 rings (SSSR count). The van der Waals surface area contributed by atoms with Crippen molar-refractivity contribution in [2.75, 3.05) is 23.3 Å². The lowest BCUT2D eigenvalue weighted by Crippen LogP contribution is -2.19. The molecular formula is C22H24N4O2S. The number of benzene rings is 1. The molecule has 1 amide bonds. The zero-order valence-corrected chi connectivity index (χ0v) is 17.7. The van der Waals surface area contributed by atoms with Gasteiger partial charge in [-0.1, -0.05) is 11.2 Å². The summed E-state index contributed by atoms with van der Waals surface area (Å²) in [4.78, 5) is 19.7. The number of amides is 1. The van der Waals surface area contributed by atoms with Gasteiger partial charge in [0.1, 0.15) is 10.8 Å². The fraction of sp³-hybridized carbons (Fsp3) is 0.318. The second-order valence-corrected chi connectivity index (χ2v) is 8.04. The molecule has 6 nitrogen and oxygen atoms in total. The van der Waals surface area contributed by atoms with Crippen molar-refractivity contribution in [1.29, 1.82) is 0 Å². The summed E-state index contributed by atoms with van der Waals surface area (Å²) in [6, 6.07) is 9.75. The minimum atomic E-state index is -0.152. The molecule has 0 spiro atoms. The highest BCUT2D eigenvalue weighted by atomic mass is 32.2. The number of aryl methyl sites for hydroxylation is 2. The number of rotatable bonds is 6. The largest absolute Gasteiger partial charge is 0.371 e. The minimum Gasteiger partial charge on any atom is -0.371 e. The molecule has 0 unspecified atom stereocenters. The first-order valence-electron chi connectivity index (χ1n) is 9.75. The summed E-state index contributed by atoms with van der Waals surface area (Å²) in [5.41, 5.74) is 5.84. The van der Waals surface area contributed by atoms with Crippen LogP contribution in [0.3, 0.4) is 0 Å². The molecule has 0 saturated heterocycles. The Morgan fingerprint density at radius 2 is 2.17 bits per heavy atom. The van der Waals surface area contributed by atoms with E-state index < -0.39 is 0 Å². The van der Waals surface area contributed by atoms with E-state index in [9.17, 15) is 4.79 Å². The first kappa shape index (κ1) is 19.5. The molecule has 0 aliphatic carbocycles. The SMILES string of the molecule is CCN1CCc2ccc(NC(=O)c3cccnc3SCc3c(C)noc3C)cc21. The van der Waals surface area contributed by atoms with Crippen LogP contribution in [0.1, 0.15) is 39.9 Å². The first-order valence-corrected chi connectivity index (χ1v) is 10.7. The molecule has 7 heteroatoms. The normalized spacial score (nSPS) is 12.9. The van der Waals surface area contributed by atoms with Crippen molar-refractivity contribution < 1.29 is 9.32 Å². The monoisotopic (exact) mass is 408 g/mol. The van der Waals surface area contributed by atoms with E-state index in [2.05, 4.69) is 39.4 Å². The third kappa shape index (κ3) is 4.00. The molecule has 1 aromatic carbocycles. The van der Waals surface area contributed by atoms with Crippen LogP contribution >= 0.6 is 11.8 Å². The summed E-state index contributed by atoms with van der Waals surface area (Å²) < 4.78 is 5.23. The third-order valence-electron chi connectivity index (χ3n) is 5.27. The molecule has 1 aliphatic rings. The van der Waals surface area contributed by atoms with Crippen molar-refractivity contribution >= 4 is 29.0 Å². The summed E-state index contributed by atoms with van der Waals surface area (Å²) in [7, 11) is 0. The predicted molar refractivity (Wildman–Crippen MR) is 116 cm³/mol. The number of hydrogen-bond donors (Lipinski definition) is 1. The van der Waals surface area contributed by atoms with Crippen molar-refractivity contribution in [3.8, 4) is 0 Å². The van der Waals surface area contributed by atoms with Gasteiger partial charge < -0.3 is 14.7 Å². The van der Waals surface area contributed by atoms with Gasteiger partial charge in [0.05, 0.1) is 11.3 Å². The molecule has 0 saturated carbocycles. The van der Waals surface area contributed by atoms with Gasteiger partial charge in [-0.25, -0.2) is 4.98 Å². The number of thioether (sulfide) groups is 1. The van der Waals surface area contributed by atoms with Gasteiger partial charge in [-0.2, -0.15) is 0 Å². The molecule has 3 aromatic rings. The van der Waals surface area contributed by atoms with Crippen LogP contribution in [-0.4, -0.2) is 29.1 Å². The van der Waals surface area contributed by atoms with Gasteiger partial charge in [-0.05, 0) is 57.0 Å². The van der Waals surface area contributed by atoms with Gasteiger partial charge in [-0.3, -0.25) is 4.79 Å². The van der Waals surface area contributed by atoms with Gasteiger partial charge in [0.15, 0.2) is 0 Å². The van der Waals surface area contributed by atoms with Crippen LogP contribution in [0.2, 0.25) is 0 Å². The average Bonchev–Trinajstić information content (AvgIpc) is 3.29. The quantitative estimate of drug-likeness (QED) is 0.601. The van der Waals surface area contributed by atoms with Crippen molar-refractivity contribution in [2.45, 2.75) is 38.0 Å². The van der Waals surface area contributed by atoms with E-state index in [1.54, 1.807) is 12.3 Å². The fourth-order valence-electron chi connectivity index (χ4n) is 3.58. The zero-order chi connectivity index (χ0) is 20.4. The summed E-state index contributed by atoms with van der Waals surface area (Å²) in [6.07, 6.45) is 2.77. The molecule has 0 bridgehead atoms. The maximum atomic E-state index is 13.0. The van der Waals surface area contributed by atoms with Crippen LogP contribution in [0.15, 0.2) is 46.1 Å². The topological polar surface area (TPSA) is 71.3 Å². The van der Waals surface area contributed by atoms with E-state index in [0.29, 0.717) is 16.3 Å². The lowest BCUT2D eigenvalue weighted by Gasteiger charge is -2.17. The van der Waals surface area contributed by atoms with Crippen molar-refractivity contribution in [3.05, 3.63) is 64.7 Å². The molecular weight excluding hydrogens is 384 g/mol. The number of fused-ring (bicyclic) bond motifs is 1. The van der Waals surface area contributed by atoms with Gasteiger partial charge in [-0.15, -0.1) is 11.8 Å². The van der Waals surface area contributed by atoms with Crippen LogP contribution in [-0.2, 0) is 12.2 Å². The lowest BCUT2D eigenvalue weighted by atomic mass is 10.1. The average molecular weight is 409 g/mol. The Morgan fingerprint density at radius 3 is 2.93 bits per heavy atom. The predicted octanol–water partition coefficient (Wildman–Crippen LogP) is 4.61. The molecule has 2 aromatic heterocycles. The van der Waals surface area contributed by atoms with Gasteiger partial charge >= 0.3 is 0 Å². The Morgan fingerprint density at radius 1 is 1.31 bits per heavy atom. The Balaban J connectivity index is 1.51. The molecule has 0 atom stereocenters.